The quantitative estimate of drug-likeness (QED) is 0.191. The highest BCUT2D eigenvalue weighted by Gasteiger charge is 2.72. The average Bonchev–Trinajstić information content (AvgIpc) is 3.74. The molecule has 3 aliphatic rings. The normalized spacial score (nSPS) is 33.0. The van der Waals surface area contributed by atoms with Crippen LogP contribution in [0.1, 0.15) is 59.4 Å². The summed E-state index contributed by atoms with van der Waals surface area (Å²) in [6.07, 6.45) is 7.21. The van der Waals surface area contributed by atoms with E-state index in [1.54, 1.807) is 20.3 Å². The molecule has 0 aromatic heterocycles. The number of epoxide rings is 2. The molecule has 1 aromatic carbocycles. The third-order valence-corrected chi connectivity index (χ3v) is 7.47. The van der Waals surface area contributed by atoms with Crippen LogP contribution in [0.4, 0.5) is 0 Å². The first kappa shape index (κ1) is 26.7. The molecule has 2 saturated heterocycles. The summed E-state index contributed by atoms with van der Waals surface area (Å²) >= 11 is 0. The van der Waals surface area contributed by atoms with Crippen molar-refractivity contribution in [3.63, 3.8) is 0 Å². The summed E-state index contributed by atoms with van der Waals surface area (Å²) in [6, 6.07) is 5.55. The molecule has 0 radical (unpaired) electrons. The van der Waals surface area contributed by atoms with Crippen LogP contribution in [0.3, 0.4) is 0 Å². The molecule has 6 atom stereocenters. The van der Waals surface area contributed by atoms with E-state index in [-0.39, 0.29) is 41.5 Å². The van der Waals surface area contributed by atoms with Crippen molar-refractivity contribution in [1.82, 2.24) is 0 Å². The van der Waals surface area contributed by atoms with Crippen LogP contribution in [0.2, 0.25) is 0 Å². The Bertz CT molecular complexity index is 1000. The molecule has 1 saturated carbocycles. The molecule has 7 heteroatoms. The summed E-state index contributed by atoms with van der Waals surface area (Å²) in [5.74, 6) is 0.874. The van der Waals surface area contributed by atoms with E-state index >= 15 is 0 Å². The van der Waals surface area contributed by atoms with Crippen LogP contribution < -0.4 is 9.47 Å². The Morgan fingerprint density at radius 3 is 2.58 bits per heavy atom. The lowest BCUT2D eigenvalue weighted by Crippen LogP contribution is -2.55. The van der Waals surface area contributed by atoms with Gasteiger partial charge in [-0.15, -0.1) is 0 Å². The number of carbonyl (C=O) groups excluding carboxylic acids is 1. The molecule has 2 unspecified atom stereocenters. The van der Waals surface area contributed by atoms with E-state index in [1.165, 1.54) is 11.6 Å². The van der Waals surface area contributed by atoms with Gasteiger partial charge in [0.2, 0.25) is 0 Å². The SMILES string of the molecule is COc1ccc(/C=C/C(=O)OC2CC[C@]3(CO3)[C@@H](C3(C)O[C@H]3CC=C(C)C)[C@@H]2OC)cc1OC(C)C. The molecule has 0 N–H and O–H groups in total. The number of allylic oxidation sites excluding steroid dienone is 1. The van der Waals surface area contributed by atoms with Crippen molar-refractivity contribution >= 4 is 12.0 Å². The number of esters is 1. The number of hydrogen-bond donors (Lipinski definition) is 0. The van der Waals surface area contributed by atoms with E-state index in [1.807, 2.05) is 32.0 Å². The smallest absolute Gasteiger partial charge is 0.331 e. The molecule has 0 bridgehead atoms. The highest BCUT2D eigenvalue weighted by atomic mass is 16.6. The van der Waals surface area contributed by atoms with Gasteiger partial charge < -0.3 is 28.4 Å². The van der Waals surface area contributed by atoms with Crippen LogP contribution in [-0.4, -0.2) is 62.4 Å². The zero-order valence-electron chi connectivity index (χ0n) is 22.5. The summed E-state index contributed by atoms with van der Waals surface area (Å²) in [4.78, 5) is 12.8. The fourth-order valence-corrected chi connectivity index (χ4v) is 5.57. The van der Waals surface area contributed by atoms with Gasteiger partial charge in [-0.25, -0.2) is 4.79 Å². The molecule has 0 amide bonds. The Kier molecular flexibility index (Phi) is 7.83. The number of benzene rings is 1. The predicted molar refractivity (Wildman–Crippen MR) is 137 cm³/mol. The Hall–Kier alpha value is -2.35. The van der Waals surface area contributed by atoms with Crippen molar-refractivity contribution in [2.75, 3.05) is 20.8 Å². The van der Waals surface area contributed by atoms with E-state index in [0.717, 1.165) is 18.4 Å². The number of carbonyl (C=O) groups is 1. The summed E-state index contributed by atoms with van der Waals surface area (Å²) in [7, 11) is 3.28. The van der Waals surface area contributed by atoms with Gasteiger partial charge in [0.1, 0.15) is 23.4 Å². The molecule has 1 spiro atoms. The maximum Gasteiger partial charge on any atom is 0.331 e. The third-order valence-electron chi connectivity index (χ3n) is 7.47. The number of ether oxygens (including phenoxy) is 6. The monoisotopic (exact) mass is 500 g/mol. The van der Waals surface area contributed by atoms with E-state index in [4.69, 9.17) is 28.4 Å². The van der Waals surface area contributed by atoms with Gasteiger partial charge in [-0.1, -0.05) is 17.7 Å². The lowest BCUT2D eigenvalue weighted by atomic mass is 9.68. The van der Waals surface area contributed by atoms with Crippen LogP contribution in [0, 0.1) is 5.92 Å². The minimum absolute atomic E-state index is 0.00146. The van der Waals surface area contributed by atoms with Crippen LogP contribution in [-0.2, 0) is 23.7 Å². The Morgan fingerprint density at radius 2 is 1.97 bits per heavy atom. The number of methoxy groups -OCH3 is 2. The molecule has 36 heavy (non-hydrogen) atoms. The van der Waals surface area contributed by atoms with Crippen LogP contribution >= 0.6 is 0 Å². The molecule has 2 heterocycles. The van der Waals surface area contributed by atoms with Gasteiger partial charge >= 0.3 is 5.97 Å². The lowest BCUT2D eigenvalue weighted by molar-refractivity contribution is -0.166. The lowest BCUT2D eigenvalue weighted by Gasteiger charge is -2.42. The van der Waals surface area contributed by atoms with Gasteiger partial charge in [0.25, 0.3) is 0 Å². The molecular weight excluding hydrogens is 460 g/mol. The van der Waals surface area contributed by atoms with Gasteiger partial charge in [-0.05, 0) is 77.7 Å². The van der Waals surface area contributed by atoms with Crippen molar-refractivity contribution in [2.45, 2.75) is 89.5 Å². The molecule has 1 aromatic rings. The second-order valence-electron chi connectivity index (χ2n) is 10.8. The van der Waals surface area contributed by atoms with E-state index in [2.05, 4.69) is 26.8 Å². The van der Waals surface area contributed by atoms with Crippen LogP contribution in [0.25, 0.3) is 6.08 Å². The second-order valence-corrected chi connectivity index (χ2v) is 10.8. The Labute approximate surface area is 214 Å². The van der Waals surface area contributed by atoms with E-state index in [0.29, 0.717) is 24.5 Å². The maximum atomic E-state index is 12.8. The van der Waals surface area contributed by atoms with Gasteiger partial charge in [0, 0.05) is 13.2 Å². The summed E-state index contributed by atoms with van der Waals surface area (Å²) < 4.78 is 35.3. The molecule has 2 aliphatic heterocycles. The Morgan fingerprint density at radius 1 is 1.22 bits per heavy atom. The first-order valence-electron chi connectivity index (χ1n) is 12.8. The largest absolute Gasteiger partial charge is 0.493 e. The molecule has 3 fully saturated rings. The van der Waals surface area contributed by atoms with Crippen molar-refractivity contribution in [1.29, 1.82) is 0 Å². The minimum atomic E-state index is -0.404. The average molecular weight is 501 g/mol. The zero-order valence-corrected chi connectivity index (χ0v) is 22.5. The molecule has 1 aliphatic carbocycles. The van der Waals surface area contributed by atoms with Crippen LogP contribution in [0.5, 0.6) is 11.5 Å². The van der Waals surface area contributed by atoms with Gasteiger partial charge in [-0.2, -0.15) is 0 Å². The minimum Gasteiger partial charge on any atom is -0.493 e. The third kappa shape index (κ3) is 5.63. The number of hydrogen-bond acceptors (Lipinski definition) is 7. The van der Waals surface area contributed by atoms with Crippen molar-refractivity contribution in [2.24, 2.45) is 5.92 Å². The topological polar surface area (TPSA) is 79.1 Å². The number of rotatable bonds is 10. The van der Waals surface area contributed by atoms with E-state index in [9.17, 15) is 4.79 Å². The zero-order chi connectivity index (χ0) is 26.1. The molecule has 198 valence electrons. The summed E-state index contributed by atoms with van der Waals surface area (Å²) in [6.45, 7) is 10.9. The standard InChI is InChI=1S/C29H40O7/c1-18(2)8-12-24-28(5,36-24)27-26(32-7)22(14-15-29(27)17-33-29)35-25(30)13-10-20-9-11-21(31-6)23(16-20)34-19(3)4/h8-11,13,16,19,22,24,26-27H,12,14-15,17H2,1-7H3/b13-10+/t22?,24-,26+,27+,28?,29-/m0/s1. The second kappa shape index (κ2) is 10.6. The van der Waals surface area contributed by atoms with E-state index < -0.39 is 5.97 Å². The van der Waals surface area contributed by atoms with Crippen molar-refractivity contribution in [3.05, 3.63) is 41.5 Å². The van der Waals surface area contributed by atoms with Crippen molar-refractivity contribution in [3.8, 4) is 11.5 Å². The van der Waals surface area contributed by atoms with Gasteiger partial charge in [-0.3, -0.25) is 0 Å². The maximum absolute atomic E-state index is 12.8. The van der Waals surface area contributed by atoms with Crippen LogP contribution in [0.15, 0.2) is 35.9 Å². The van der Waals surface area contributed by atoms with Gasteiger partial charge in [0.05, 0.1) is 31.8 Å². The first-order chi connectivity index (χ1) is 17.1. The Balaban J connectivity index is 1.44. The fraction of sp³-hybridized carbons (Fsp3) is 0.621. The summed E-state index contributed by atoms with van der Waals surface area (Å²) in [5.41, 5.74) is 1.49. The highest BCUT2D eigenvalue weighted by Crippen LogP contribution is 2.59. The predicted octanol–water partition coefficient (Wildman–Crippen LogP) is 5.12. The summed E-state index contributed by atoms with van der Waals surface area (Å²) in [5, 5.41) is 0. The van der Waals surface area contributed by atoms with Gasteiger partial charge in [0.15, 0.2) is 11.5 Å². The molecular formula is C29H40O7. The molecule has 7 nitrogen and oxygen atoms in total. The first-order valence-corrected chi connectivity index (χ1v) is 12.8. The fourth-order valence-electron chi connectivity index (χ4n) is 5.57. The highest BCUT2D eigenvalue weighted by molar-refractivity contribution is 5.87. The molecule has 4 rings (SSSR count). The van der Waals surface area contributed by atoms with Crippen molar-refractivity contribution < 1.29 is 33.2 Å².